The number of para-hydroxylation sites is 1. The molecule has 0 spiro atoms. The largest absolute Gasteiger partial charge is 0.321 e. The summed E-state index contributed by atoms with van der Waals surface area (Å²) in [4.78, 5) is 44.9. The normalized spacial score (nSPS) is 11.9. The average molecular weight is 407 g/mol. The quantitative estimate of drug-likeness (QED) is 0.473. The van der Waals surface area contributed by atoms with Crippen LogP contribution in [-0.2, 0) is 11.3 Å². The molecule has 1 unspecified atom stereocenters. The second-order valence-electron chi connectivity index (χ2n) is 7.42. The lowest BCUT2D eigenvalue weighted by Gasteiger charge is -2.18. The number of hydrogen-bond donors (Lipinski definition) is 3. The zero-order valence-electron chi connectivity index (χ0n) is 17.3. The first kappa shape index (κ1) is 21.4. The highest BCUT2D eigenvalue weighted by Gasteiger charge is 2.17. The zero-order valence-corrected chi connectivity index (χ0v) is 17.3. The number of anilines is 1. The lowest BCUT2D eigenvalue weighted by molar-refractivity contribution is -0.906. The standard InChI is InChI=1S/C23H26N4O3/c1-3-4-12-27(14-21-25-20-11-6-5-10-19(20)23(30)26-21)15-22(29)24-18-9-7-8-17(13-18)16(2)28/h5-11,13H,3-4,12,14-15H2,1-2H3,(H,24,29)(H,25,26,30)/p+1. The van der Waals surface area contributed by atoms with Crippen molar-refractivity contribution in [3.05, 3.63) is 70.3 Å². The van der Waals surface area contributed by atoms with Gasteiger partial charge in [-0.05, 0) is 37.6 Å². The fourth-order valence-corrected chi connectivity index (χ4v) is 3.37. The number of H-pyrrole nitrogens is 1. The highest BCUT2D eigenvalue weighted by molar-refractivity contribution is 5.97. The third-order valence-electron chi connectivity index (χ3n) is 4.93. The van der Waals surface area contributed by atoms with Crippen LogP contribution in [0.15, 0.2) is 53.3 Å². The molecule has 1 aromatic heterocycles. The average Bonchev–Trinajstić information content (AvgIpc) is 2.72. The molecule has 0 aliphatic carbocycles. The summed E-state index contributed by atoms with van der Waals surface area (Å²) in [5.41, 5.74) is 1.63. The van der Waals surface area contributed by atoms with Crippen molar-refractivity contribution in [2.24, 2.45) is 0 Å². The van der Waals surface area contributed by atoms with Gasteiger partial charge in [0, 0.05) is 11.3 Å². The minimum absolute atomic E-state index is 0.0485. The fourth-order valence-electron chi connectivity index (χ4n) is 3.37. The van der Waals surface area contributed by atoms with E-state index in [2.05, 4.69) is 22.2 Å². The molecule has 0 fully saturated rings. The molecule has 2 aromatic carbocycles. The molecule has 156 valence electrons. The van der Waals surface area contributed by atoms with Gasteiger partial charge in [0.05, 0.1) is 17.4 Å². The summed E-state index contributed by atoms with van der Waals surface area (Å²) < 4.78 is 0. The number of aromatic amines is 1. The van der Waals surface area contributed by atoms with Crippen LogP contribution in [-0.4, -0.2) is 34.7 Å². The summed E-state index contributed by atoms with van der Waals surface area (Å²) in [5.74, 6) is 0.369. The maximum absolute atomic E-state index is 12.6. The van der Waals surface area contributed by atoms with Crippen LogP contribution in [0.2, 0.25) is 0 Å². The highest BCUT2D eigenvalue weighted by atomic mass is 16.2. The van der Waals surface area contributed by atoms with Crippen molar-refractivity contribution in [3.63, 3.8) is 0 Å². The summed E-state index contributed by atoms with van der Waals surface area (Å²) >= 11 is 0. The molecule has 3 aromatic rings. The number of unbranched alkanes of at least 4 members (excludes halogenated alkanes) is 1. The number of quaternary nitrogens is 1. The molecule has 1 amide bonds. The van der Waals surface area contributed by atoms with Crippen LogP contribution in [0.3, 0.4) is 0 Å². The van der Waals surface area contributed by atoms with E-state index < -0.39 is 0 Å². The second kappa shape index (κ2) is 9.93. The van der Waals surface area contributed by atoms with Crippen LogP contribution in [0.25, 0.3) is 10.9 Å². The molecule has 0 aliphatic heterocycles. The maximum atomic E-state index is 12.6. The van der Waals surface area contributed by atoms with Gasteiger partial charge < -0.3 is 15.2 Å². The van der Waals surface area contributed by atoms with Crippen molar-refractivity contribution < 1.29 is 14.5 Å². The van der Waals surface area contributed by atoms with Crippen LogP contribution in [0.1, 0.15) is 42.9 Å². The molecule has 30 heavy (non-hydrogen) atoms. The number of rotatable bonds is 9. The number of benzene rings is 2. The van der Waals surface area contributed by atoms with E-state index in [4.69, 9.17) is 0 Å². The number of nitrogens with zero attached hydrogens (tertiary/aromatic N) is 1. The summed E-state index contributed by atoms with van der Waals surface area (Å²) in [6, 6.07) is 14.1. The Hall–Kier alpha value is -3.32. The number of nitrogens with one attached hydrogen (secondary N) is 3. The van der Waals surface area contributed by atoms with Crippen LogP contribution in [0, 0.1) is 0 Å². The maximum Gasteiger partial charge on any atom is 0.279 e. The molecule has 0 saturated heterocycles. The monoisotopic (exact) mass is 407 g/mol. The van der Waals surface area contributed by atoms with Crippen LogP contribution >= 0.6 is 0 Å². The minimum atomic E-state index is -0.170. The Morgan fingerprint density at radius 2 is 1.93 bits per heavy atom. The Bertz CT molecular complexity index is 1110. The van der Waals surface area contributed by atoms with E-state index in [0.717, 1.165) is 24.3 Å². The predicted octanol–water partition coefficient (Wildman–Crippen LogP) is 1.95. The van der Waals surface area contributed by atoms with Gasteiger partial charge in [-0.15, -0.1) is 0 Å². The van der Waals surface area contributed by atoms with E-state index in [9.17, 15) is 14.4 Å². The van der Waals surface area contributed by atoms with Gasteiger partial charge in [-0.25, -0.2) is 4.98 Å². The van der Waals surface area contributed by atoms with Crippen LogP contribution < -0.4 is 15.8 Å². The fraction of sp³-hybridized carbons (Fsp3) is 0.304. The van der Waals surface area contributed by atoms with Gasteiger partial charge in [0.2, 0.25) is 0 Å². The molecular formula is C23H27N4O3+. The van der Waals surface area contributed by atoms with Crippen molar-refractivity contribution in [1.82, 2.24) is 9.97 Å². The van der Waals surface area contributed by atoms with Crippen molar-refractivity contribution >= 4 is 28.3 Å². The minimum Gasteiger partial charge on any atom is -0.321 e. The number of amides is 1. The van der Waals surface area contributed by atoms with E-state index in [1.165, 1.54) is 6.92 Å². The van der Waals surface area contributed by atoms with Gasteiger partial charge in [0.15, 0.2) is 18.2 Å². The molecule has 7 heteroatoms. The number of aromatic nitrogens is 2. The Morgan fingerprint density at radius 3 is 2.70 bits per heavy atom. The first-order chi connectivity index (χ1) is 14.5. The summed E-state index contributed by atoms with van der Waals surface area (Å²) in [5, 5.41) is 3.42. The number of Topliss-reactive ketones (excluding diaryl/α,β-unsaturated/α-hetero) is 1. The number of carbonyl (C=O) groups is 2. The molecule has 1 heterocycles. The molecule has 3 rings (SSSR count). The second-order valence-corrected chi connectivity index (χ2v) is 7.42. The van der Waals surface area contributed by atoms with Crippen LogP contribution in [0.4, 0.5) is 5.69 Å². The van der Waals surface area contributed by atoms with E-state index >= 15 is 0 Å². The van der Waals surface area contributed by atoms with Crippen molar-refractivity contribution in [2.75, 3.05) is 18.4 Å². The first-order valence-electron chi connectivity index (χ1n) is 10.2. The van der Waals surface area contributed by atoms with E-state index in [1.807, 2.05) is 18.2 Å². The topological polar surface area (TPSA) is 96.4 Å². The predicted molar refractivity (Wildman–Crippen MR) is 117 cm³/mol. The molecule has 7 nitrogen and oxygen atoms in total. The summed E-state index contributed by atoms with van der Waals surface area (Å²) in [7, 11) is 0. The number of hydrogen-bond acceptors (Lipinski definition) is 4. The lowest BCUT2D eigenvalue weighted by atomic mass is 10.1. The summed E-state index contributed by atoms with van der Waals surface area (Å²) in [6.45, 7) is 5.06. The van der Waals surface area contributed by atoms with E-state index in [-0.39, 0.29) is 23.8 Å². The Kier molecular flexibility index (Phi) is 7.08. The lowest BCUT2D eigenvalue weighted by Crippen LogP contribution is -3.12. The molecule has 1 atom stereocenters. The van der Waals surface area contributed by atoms with Crippen molar-refractivity contribution in [2.45, 2.75) is 33.2 Å². The molecule has 3 N–H and O–H groups in total. The van der Waals surface area contributed by atoms with E-state index in [0.29, 0.717) is 34.5 Å². The van der Waals surface area contributed by atoms with Gasteiger partial charge in [-0.3, -0.25) is 14.4 Å². The molecule has 0 saturated carbocycles. The molecule has 0 aliphatic rings. The molecule has 0 bridgehead atoms. The Balaban J connectivity index is 1.73. The first-order valence-corrected chi connectivity index (χ1v) is 10.2. The highest BCUT2D eigenvalue weighted by Crippen LogP contribution is 2.11. The third kappa shape index (κ3) is 5.61. The van der Waals surface area contributed by atoms with Gasteiger partial charge in [-0.2, -0.15) is 0 Å². The van der Waals surface area contributed by atoms with Gasteiger partial charge in [0.1, 0.15) is 6.54 Å². The SMILES string of the molecule is CCCC[NH+](CC(=O)Nc1cccc(C(C)=O)c1)Cc1nc2ccccc2c(=O)[nH]1. The van der Waals surface area contributed by atoms with Crippen LogP contribution in [0.5, 0.6) is 0 Å². The third-order valence-corrected chi connectivity index (χ3v) is 4.93. The van der Waals surface area contributed by atoms with Gasteiger partial charge >= 0.3 is 0 Å². The van der Waals surface area contributed by atoms with Gasteiger partial charge in [0.25, 0.3) is 11.5 Å². The molecule has 0 radical (unpaired) electrons. The Labute approximate surface area is 175 Å². The number of fused-ring (bicyclic) bond motifs is 1. The molecular weight excluding hydrogens is 380 g/mol. The number of ketones is 1. The smallest absolute Gasteiger partial charge is 0.279 e. The van der Waals surface area contributed by atoms with Crippen molar-refractivity contribution in [1.29, 1.82) is 0 Å². The van der Waals surface area contributed by atoms with Crippen molar-refractivity contribution in [3.8, 4) is 0 Å². The van der Waals surface area contributed by atoms with E-state index in [1.54, 1.807) is 30.3 Å². The summed E-state index contributed by atoms with van der Waals surface area (Å²) in [6.07, 6.45) is 1.97. The van der Waals surface area contributed by atoms with Gasteiger partial charge in [-0.1, -0.05) is 37.6 Å². The number of carbonyl (C=O) groups excluding carboxylic acids is 2. The zero-order chi connectivity index (χ0) is 21.5. The Morgan fingerprint density at radius 1 is 1.13 bits per heavy atom.